The van der Waals surface area contributed by atoms with Gasteiger partial charge in [-0.05, 0) is 25.1 Å². The van der Waals surface area contributed by atoms with E-state index in [4.69, 9.17) is 4.74 Å². The highest BCUT2D eigenvalue weighted by Crippen LogP contribution is 2.27. The van der Waals surface area contributed by atoms with E-state index in [-0.39, 0.29) is 5.75 Å². The molecule has 0 aliphatic heterocycles. The van der Waals surface area contributed by atoms with Crippen LogP contribution in [0.1, 0.15) is 29.0 Å². The normalized spacial score (nSPS) is 11.9. The lowest BCUT2D eigenvalue weighted by Gasteiger charge is -2.10. The molecule has 0 heterocycles. The third-order valence-corrected chi connectivity index (χ3v) is 2.56. The minimum Gasteiger partial charge on any atom is -0.423 e. The van der Waals surface area contributed by atoms with Crippen molar-refractivity contribution in [1.29, 1.82) is 0 Å². The highest BCUT2D eigenvalue weighted by atomic mass is 19.1. The number of hydrogen-bond acceptors (Lipinski definition) is 2. The fourth-order valence-corrected chi connectivity index (χ4v) is 1.64. The molecule has 0 bridgehead atoms. The Morgan fingerprint density at radius 3 is 2.33 bits per heavy atom. The maximum Gasteiger partial charge on any atom is 0.343 e. The predicted octanol–water partition coefficient (Wildman–Crippen LogP) is 3.94. The highest BCUT2D eigenvalue weighted by Gasteiger charge is 2.14. The first kappa shape index (κ1) is 12.3. The van der Waals surface area contributed by atoms with Gasteiger partial charge >= 0.3 is 5.97 Å². The molecule has 1 unspecified atom stereocenters. The first-order valence-electron chi connectivity index (χ1n) is 5.68. The van der Waals surface area contributed by atoms with Gasteiger partial charge in [0.1, 0.15) is 11.9 Å². The zero-order valence-corrected chi connectivity index (χ0v) is 9.97. The van der Waals surface area contributed by atoms with Crippen molar-refractivity contribution in [2.75, 3.05) is 0 Å². The highest BCUT2D eigenvalue weighted by molar-refractivity contribution is 5.91. The van der Waals surface area contributed by atoms with Crippen LogP contribution in [0.25, 0.3) is 0 Å². The summed E-state index contributed by atoms with van der Waals surface area (Å²) in [6.45, 7) is 1.41. The molecule has 3 heteroatoms. The second-order valence-corrected chi connectivity index (χ2v) is 3.91. The fraction of sp³-hybridized carbons (Fsp3) is 0.133. The minimum atomic E-state index is -1.18. The van der Waals surface area contributed by atoms with Crippen LogP contribution < -0.4 is 4.74 Å². The van der Waals surface area contributed by atoms with Crippen LogP contribution in [0.5, 0.6) is 5.75 Å². The number of ether oxygens (including phenoxy) is 1. The molecule has 0 amide bonds. The Bertz CT molecular complexity index is 535. The van der Waals surface area contributed by atoms with E-state index in [1.54, 1.807) is 48.5 Å². The third kappa shape index (κ3) is 2.74. The molecule has 0 spiro atoms. The summed E-state index contributed by atoms with van der Waals surface area (Å²) < 4.78 is 18.6. The summed E-state index contributed by atoms with van der Waals surface area (Å²) in [5.74, 6) is -0.218. The summed E-state index contributed by atoms with van der Waals surface area (Å²) in [6.07, 6.45) is -1.18. The number of alkyl halides is 1. The largest absolute Gasteiger partial charge is 0.423 e. The van der Waals surface area contributed by atoms with Crippen LogP contribution in [0.2, 0.25) is 0 Å². The maximum absolute atomic E-state index is 13.4. The van der Waals surface area contributed by atoms with Crippen LogP contribution in [0.3, 0.4) is 0 Å². The van der Waals surface area contributed by atoms with E-state index in [0.717, 1.165) is 0 Å². The molecule has 2 aromatic rings. The lowest BCUT2D eigenvalue weighted by atomic mass is 10.1. The van der Waals surface area contributed by atoms with Crippen molar-refractivity contribution in [2.24, 2.45) is 0 Å². The van der Waals surface area contributed by atoms with Crippen LogP contribution in [0.15, 0.2) is 54.6 Å². The quantitative estimate of drug-likeness (QED) is 0.604. The number of para-hydroxylation sites is 1. The third-order valence-electron chi connectivity index (χ3n) is 2.56. The topological polar surface area (TPSA) is 26.3 Å². The smallest absolute Gasteiger partial charge is 0.343 e. The van der Waals surface area contributed by atoms with Gasteiger partial charge in [-0.15, -0.1) is 0 Å². The number of esters is 1. The molecule has 0 saturated carbocycles. The number of benzene rings is 2. The Morgan fingerprint density at radius 2 is 1.67 bits per heavy atom. The second kappa shape index (κ2) is 5.45. The Morgan fingerprint density at radius 1 is 1.06 bits per heavy atom. The number of carbonyl (C=O) groups excluding carboxylic acids is 1. The second-order valence-electron chi connectivity index (χ2n) is 3.91. The molecule has 2 rings (SSSR count). The molecule has 2 aromatic carbocycles. The van der Waals surface area contributed by atoms with E-state index in [1.807, 2.05) is 6.07 Å². The molecular weight excluding hydrogens is 231 g/mol. The first-order chi connectivity index (χ1) is 8.68. The lowest BCUT2D eigenvalue weighted by molar-refractivity contribution is 0.0731. The van der Waals surface area contributed by atoms with Gasteiger partial charge in [-0.3, -0.25) is 0 Å². The van der Waals surface area contributed by atoms with Gasteiger partial charge in [-0.2, -0.15) is 0 Å². The molecule has 92 valence electrons. The minimum absolute atomic E-state index is 0.265. The van der Waals surface area contributed by atoms with E-state index in [2.05, 4.69) is 0 Å². The Kier molecular flexibility index (Phi) is 3.72. The number of hydrogen-bond donors (Lipinski definition) is 0. The van der Waals surface area contributed by atoms with Crippen molar-refractivity contribution in [3.63, 3.8) is 0 Å². The monoisotopic (exact) mass is 244 g/mol. The van der Waals surface area contributed by atoms with Gasteiger partial charge in [0.15, 0.2) is 0 Å². The number of carbonyl (C=O) groups is 1. The van der Waals surface area contributed by atoms with Crippen molar-refractivity contribution in [3.05, 3.63) is 65.7 Å². The molecule has 0 saturated heterocycles. The molecule has 1 atom stereocenters. The van der Waals surface area contributed by atoms with Gasteiger partial charge in [0, 0.05) is 5.56 Å². The van der Waals surface area contributed by atoms with E-state index in [9.17, 15) is 9.18 Å². The van der Waals surface area contributed by atoms with Gasteiger partial charge in [0.2, 0.25) is 0 Å². The summed E-state index contributed by atoms with van der Waals surface area (Å²) in [5.41, 5.74) is 0.820. The van der Waals surface area contributed by atoms with Gasteiger partial charge in [0.25, 0.3) is 0 Å². The van der Waals surface area contributed by atoms with Crippen LogP contribution >= 0.6 is 0 Å². The summed E-state index contributed by atoms with van der Waals surface area (Å²) >= 11 is 0. The zero-order chi connectivity index (χ0) is 13.0. The maximum atomic E-state index is 13.4. The summed E-state index contributed by atoms with van der Waals surface area (Å²) in [4.78, 5) is 11.8. The summed E-state index contributed by atoms with van der Waals surface area (Å²) in [7, 11) is 0. The van der Waals surface area contributed by atoms with E-state index in [0.29, 0.717) is 11.1 Å². The van der Waals surface area contributed by atoms with Crippen molar-refractivity contribution >= 4 is 5.97 Å². The molecule has 0 fully saturated rings. The van der Waals surface area contributed by atoms with Gasteiger partial charge < -0.3 is 4.74 Å². The molecule has 2 nitrogen and oxygen atoms in total. The van der Waals surface area contributed by atoms with E-state index >= 15 is 0 Å². The summed E-state index contributed by atoms with van der Waals surface area (Å²) in [5, 5.41) is 0. The van der Waals surface area contributed by atoms with Gasteiger partial charge in [-0.25, -0.2) is 9.18 Å². The molecule has 0 radical (unpaired) electrons. The van der Waals surface area contributed by atoms with E-state index in [1.165, 1.54) is 6.92 Å². The SMILES string of the molecule is CC(F)c1ccccc1OC(=O)c1ccccc1. The molecule has 0 aromatic heterocycles. The van der Waals surface area contributed by atoms with Crippen LogP contribution in [-0.4, -0.2) is 5.97 Å². The molecule has 18 heavy (non-hydrogen) atoms. The van der Waals surface area contributed by atoms with Crippen molar-refractivity contribution in [2.45, 2.75) is 13.1 Å². The van der Waals surface area contributed by atoms with Crippen molar-refractivity contribution < 1.29 is 13.9 Å². The van der Waals surface area contributed by atoms with Crippen molar-refractivity contribution in [3.8, 4) is 5.75 Å². The molecule has 0 aliphatic rings. The summed E-state index contributed by atoms with van der Waals surface area (Å²) in [6, 6.07) is 15.2. The number of halogens is 1. The standard InChI is InChI=1S/C15H13FO2/c1-11(16)13-9-5-6-10-14(13)18-15(17)12-7-3-2-4-8-12/h2-11H,1H3. The predicted molar refractivity (Wildman–Crippen MR) is 67.4 cm³/mol. The van der Waals surface area contributed by atoms with Crippen molar-refractivity contribution in [1.82, 2.24) is 0 Å². The van der Waals surface area contributed by atoms with Crippen LogP contribution in [0, 0.1) is 0 Å². The van der Waals surface area contributed by atoms with Crippen LogP contribution in [0.4, 0.5) is 4.39 Å². The Labute approximate surface area is 105 Å². The average Bonchev–Trinajstić information content (AvgIpc) is 2.40. The molecular formula is C15H13FO2. The molecule has 0 aliphatic carbocycles. The number of rotatable bonds is 3. The molecule has 0 N–H and O–H groups in total. The van der Waals surface area contributed by atoms with E-state index < -0.39 is 12.1 Å². The van der Waals surface area contributed by atoms with Gasteiger partial charge in [0.05, 0.1) is 5.56 Å². The Hall–Kier alpha value is -2.16. The first-order valence-corrected chi connectivity index (χ1v) is 5.68. The lowest BCUT2D eigenvalue weighted by Crippen LogP contribution is -2.09. The average molecular weight is 244 g/mol. The zero-order valence-electron chi connectivity index (χ0n) is 9.97. The Balaban J connectivity index is 2.22. The van der Waals surface area contributed by atoms with Crippen LogP contribution in [-0.2, 0) is 0 Å². The fourth-order valence-electron chi connectivity index (χ4n) is 1.64. The van der Waals surface area contributed by atoms with Gasteiger partial charge in [-0.1, -0.05) is 36.4 Å².